The van der Waals surface area contributed by atoms with Crippen LogP contribution in [0.25, 0.3) is 0 Å². The third kappa shape index (κ3) is 4.72. The van der Waals surface area contributed by atoms with Crippen molar-refractivity contribution in [2.45, 2.75) is 25.9 Å². The van der Waals surface area contributed by atoms with Crippen molar-refractivity contribution in [3.8, 4) is 0 Å². The Balaban J connectivity index is 2.70. The second-order valence-electron chi connectivity index (χ2n) is 4.98. The molecule has 1 aromatic rings. The molecule has 1 rings (SSSR count). The first kappa shape index (κ1) is 16.9. The molecule has 0 bridgehead atoms. The molecule has 0 saturated heterocycles. The second-order valence-corrected chi connectivity index (χ2v) is 5.89. The van der Waals surface area contributed by atoms with Crippen molar-refractivity contribution < 1.29 is 4.79 Å². The average Bonchev–Trinajstić information content (AvgIpc) is 2.46. The van der Waals surface area contributed by atoms with E-state index in [2.05, 4.69) is 30.5 Å². The molecule has 0 heterocycles. The molecule has 20 heavy (non-hydrogen) atoms. The van der Waals surface area contributed by atoms with Crippen LogP contribution >= 0.6 is 11.8 Å². The summed E-state index contributed by atoms with van der Waals surface area (Å²) in [4.78, 5) is 13.9. The number of anilines is 1. The Bertz CT molecular complexity index is 439. The molecule has 0 fully saturated rings. The normalized spacial score (nSPS) is 13.7. The van der Waals surface area contributed by atoms with Gasteiger partial charge in [-0.25, -0.2) is 4.79 Å². The third-order valence-corrected chi connectivity index (χ3v) is 4.28. The number of nitrogens with one attached hydrogen (secondary N) is 2. The topological polar surface area (TPSA) is 44.4 Å². The zero-order valence-corrected chi connectivity index (χ0v) is 13.8. The standard InChI is InChI=1S/C15H25N3OS/c1-11(10-20-5)18(4)15(19)17-14-8-6-7-13(9-14)12(2)16-3/h6-9,11-12,16H,10H2,1-5H3,(H,17,19). The summed E-state index contributed by atoms with van der Waals surface area (Å²) in [6.45, 7) is 4.14. The van der Waals surface area contributed by atoms with E-state index in [1.807, 2.05) is 38.6 Å². The van der Waals surface area contributed by atoms with Gasteiger partial charge >= 0.3 is 6.03 Å². The van der Waals surface area contributed by atoms with Crippen LogP contribution in [-0.4, -0.2) is 43.1 Å². The van der Waals surface area contributed by atoms with Crippen molar-refractivity contribution in [1.82, 2.24) is 10.2 Å². The second kappa shape index (κ2) is 8.17. The van der Waals surface area contributed by atoms with Crippen LogP contribution in [0.3, 0.4) is 0 Å². The smallest absolute Gasteiger partial charge is 0.321 e. The van der Waals surface area contributed by atoms with Crippen LogP contribution in [0.4, 0.5) is 10.5 Å². The molecule has 0 aromatic heterocycles. The van der Waals surface area contributed by atoms with Gasteiger partial charge in [0.15, 0.2) is 0 Å². The number of carbonyl (C=O) groups is 1. The molecular formula is C15H25N3OS. The van der Waals surface area contributed by atoms with E-state index >= 15 is 0 Å². The molecule has 0 aliphatic carbocycles. The Morgan fingerprint density at radius 3 is 2.70 bits per heavy atom. The molecule has 0 aliphatic rings. The lowest BCUT2D eigenvalue weighted by Crippen LogP contribution is -2.39. The fourth-order valence-electron chi connectivity index (χ4n) is 1.82. The molecule has 1 aromatic carbocycles. The SMILES string of the molecule is CNC(C)c1cccc(NC(=O)N(C)C(C)CSC)c1. The fraction of sp³-hybridized carbons (Fsp3) is 0.533. The van der Waals surface area contributed by atoms with Gasteiger partial charge in [0.1, 0.15) is 0 Å². The maximum absolute atomic E-state index is 12.2. The molecule has 2 amide bonds. The molecule has 0 saturated carbocycles. The van der Waals surface area contributed by atoms with Gasteiger partial charge in [0.25, 0.3) is 0 Å². The van der Waals surface area contributed by atoms with Crippen LogP contribution in [0.15, 0.2) is 24.3 Å². The van der Waals surface area contributed by atoms with Gasteiger partial charge in [-0.05, 0) is 44.8 Å². The molecule has 5 heteroatoms. The van der Waals surface area contributed by atoms with Crippen LogP contribution < -0.4 is 10.6 Å². The lowest BCUT2D eigenvalue weighted by Gasteiger charge is -2.24. The Hall–Kier alpha value is -1.20. The maximum atomic E-state index is 12.2. The average molecular weight is 295 g/mol. The Morgan fingerprint density at radius 2 is 2.10 bits per heavy atom. The zero-order valence-electron chi connectivity index (χ0n) is 12.9. The van der Waals surface area contributed by atoms with Crippen molar-refractivity contribution in [2.24, 2.45) is 0 Å². The summed E-state index contributed by atoms with van der Waals surface area (Å²) < 4.78 is 0. The third-order valence-electron chi connectivity index (χ3n) is 3.46. The minimum Gasteiger partial charge on any atom is -0.324 e. The van der Waals surface area contributed by atoms with Gasteiger partial charge < -0.3 is 15.5 Å². The van der Waals surface area contributed by atoms with Gasteiger partial charge in [-0.15, -0.1) is 0 Å². The summed E-state index contributed by atoms with van der Waals surface area (Å²) in [5.41, 5.74) is 1.99. The number of hydrogen-bond acceptors (Lipinski definition) is 3. The zero-order chi connectivity index (χ0) is 15.1. The molecule has 4 nitrogen and oxygen atoms in total. The van der Waals surface area contributed by atoms with E-state index in [-0.39, 0.29) is 18.1 Å². The lowest BCUT2D eigenvalue weighted by molar-refractivity contribution is 0.212. The summed E-state index contributed by atoms with van der Waals surface area (Å²) in [7, 11) is 3.75. The van der Waals surface area contributed by atoms with Crippen molar-refractivity contribution in [2.75, 3.05) is 31.4 Å². The number of benzene rings is 1. The predicted octanol–water partition coefficient (Wildman–Crippen LogP) is 3.18. The fourth-order valence-corrected chi connectivity index (χ4v) is 2.52. The molecule has 2 unspecified atom stereocenters. The van der Waals surface area contributed by atoms with Gasteiger partial charge in [-0.3, -0.25) is 0 Å². The highest BCUT2D eigenvalue weighted by Crippen LogP contribution is 2.17. The molecule has 112 valence electrons. The van der Waals surface area contributed by atoms with E-state index in [1.54, 1.807) is 16.7 Å². The van der Waals surface area contributed by atoms with Crippen LogP contribution in [0.1, 0.15) is 25.5 Å². The Labute approximate surface area is 126 Å². The number of amides is 2. The number of hydrogen-bond donors (Lipinski definition) is 2. The van der Waals surface area contributed by atoms with E-state index in [0.29, 0.717) is 0 Å². The Kier molecular flexibility index (Phi) is 6.88. The van der Waals surface area contributed by atoms with E-state index in [4.69, 9.17) is 0 Å². The van der Waals surface area contributed by atoms with Crippen LogP contribution in [-0.2, 0) is 0 Å². The minimum atomic E-state index is -0.0687. The molecule has 0 aliphatic heterocycles. The quantitative estimate of drug-likeness (QED) is 0.847. The van der Waals surface area contributed by atoms with Crippen molar-refractivity contribution in [3.63, 3.8) is 0 Å². The van der Waals surface area contributed by atoms with Gasteiger partial charge in [0.05, 0.1) is 0 Å². The first-order chi connectivity index (χ1) is 9.49. The minimum absolute atomic E-state index is 0.0687. The van der Waals surface area contributed by atoms with Crippen molar-refractivity contribution in [1.29, 1.82) is 0 Å². The summed E-state index contributed by atoms with van der Waals surface area (Å²) in [5, 5.41) is 6.14. The van der Waals surface area contributed by atoms with E-state index in [0.717, 1.165) is 17.0 Å². The van der Waals surface area contributed by atoms with E-state index < -0.39 is 0 Å². The largest absolute Gasteiger partial charge is 0.324 e. The van der Waals surface area contributed by atoms with E-state index in [1.165, 1.54) is 0 Å². The molecule has 0 spiro atoms. The van der Waals surface area contributed by atoms with Crippen LogP contribution in [0.2, 0.25) is 0 Å². The van der Waals surface area contributed by atoms with Gasteiger partial charge in [-0.1, -0.05) is 12.1 Å². The predicted molar refractivity (Wildman–Crippen MR) is 88.5 cm³/mol. The highest BCUT2D eigenvalue weighted by atomic mass is 32.2. The summed E-state index contributed by atoms with van der Waals surface area (Å²) in [6.07, 6.45) is 2.05. The van der Waals surface area contributed by atoms with Crippen molar-refractivity contribution >= 4 is 23.5 Å². The van der Waals surface area contributed by atoms with Crippen LogP contribution in [0, 0.1) is 0 Å². The maximum Gasteiger partial charge on any atom is 0.321 e. The molecule has 0 radical (unpaired) electrons. The number of nitrogens with zero attached hydrogens (tertiary/aromatic N) is 1. The highest BCUT2D eigenvalue weighted by molar-refractivity contribution is 7.98. The highest BCUT2D eigenvalue weighted by Gasteiger charge is 2.15. The molecule has 2 N–H and O–H groups in total. The van der Waals surface area contributed by atoms with Gasteiger partial charge in [0.2, 0.25) is 0 Å². The first-order valence-electron chi connectivity index (χ1n) is 6.79. The monoisotopic (exact) mass is 295 g/mol. The van der Waals surface area contributed by atoms with Gasteiger partial charge in [0, 0.05) is 30.6 Å². The molecular weight excluding hydrogens is 270 g/mol. The lowest BCUT2D eigenvalue weighted by atomic mass is 10.1. The van der Waals surface area contributed by atoms with Crippen LogP contribution in [0.5, 0.6) is 0 Å². The summed E-state index contributed by atoms with van der Waals surface area (Å²) >= 11 is 1.74. The molecule has 2 atom stereocenters. The number of thioether (sulfide) groups is 1. The van der Waals surface area contributed by atoms with E-state index in [9.17, 15) is 4.79 Å². The summed E-state index contributed by atoms with van der Waals surface area (Å²) in [6, 6.07) is 8.34. The van der Waals surface area contributed by atoms with Crippen molar-refractivity contribution in [3.05, 3.63) is 29.8 Å². The summed E-state index contributed by atoms with van der Waals surface area (Å²) in [5.74, 6) is 0.931. The number of rotatable bonds is 6. The number of urea groups is 1. The van der Waals surface area contributed by atoms with Gasteiger partial charge in [-0.2, -0.15) is 11.8 Å². The Morgan fingerprint density at radius 1 is 1.40 bits per heavy atom. The number of carbonyl (C=O) groups excluding carboxylic acids is 1. The first-order valence-corrected chi connectivity index (χ1v) is 8.19.